The van der Waals surface area contributed by atoms with Gasteiger partial charge in [0, 0.05) is 0 Å². The van der Waals surface area contributed by atoms with Gasteiger partial charge in [0.2, 0.25) is 15.3 Å². The van der Waals surface area contributed by atoms with E-state index >= 15 is 0 Å². The molecule has 11 heteroatoms. The largest absolute Gasteiger partial charge is 0.489 e. The molecule has 5 aromatic rings. The quantitative estimate of drug-likeness (QED) is 0.148. The van der Waals surface area contributed by atoms with Crippen molar-refractivity contribution in [1.82, 2.24) is 0 Å². The lowest BCUT2D eigenvalue weighted by atomic mass is 9.73. The second kappa shape index (κ2) is 12.6. The maximum Gasteiger partial charge on any atom is 0.411 e. The van der Waals surface area contributed by atoms with Gasteiger partial charge in [-0.05, 0) is 84.3 Å². The van der Waals surface area contributed by atoms with Crippen LogP contribution in [0, 0.1) is 6.92 Å². The Morgan fingerprint density at radius 2 is 0.957 bits per heavy atom. The van der Waals surface area contributed by atoms with E-state index in [0.29, 0.717) is 12.1 Å². The lowest BCUT2D eigenvalue weighted by Crippen LogP contribution is -2.54. The first-order valence-electron chi connectivity index (χ1n) is 13.8. The summed E-state index contributed by atoms with van der Waals surface area (Å²) in [4.78, 5) is 0.0743. The molecule has 0 amide bonds. The van der Waals surface area contributed by atoms with E-state index < -0.39 is 38.7 Å². The monoisotopic (exact) mass is 656 g/mol. The van der Waals surface area contributed by atoms with Gasteiger partial charge in [-0.1, -0.05) is 72.3 Å². The van der Waals surface area contributed by atoms with Gasteiger partial charge in [-0.25, -0.2) is 8.42 Å². The highest BCUT2D eigenvalue weighted by atomic mass is 32.2. The zero-order valence-electron chi connectivity index (χ0n) is 24.1. The highest BCUT2D eigenvalue weighted by Crippen LogP contribution is 2.56. The van der Waals surface area contributed by atoms with E-state index in [1.54, 1.807) is 42.5 Å². The van der Waals surface area contributed by atoms with Crippen molar-refractivity contribution >= 4 is 9.84 Å². The second-order valence-electron chi connectivity index (χ2n) is 10.5. The Kier molecular flexibility index (Phi) is 8.90. The summed E-state index contributed by atoms with van der Waals surface area (Å²) in [6.45, 7) is 1.90. The topological polar surface area (TPSA) is 52.6 Å². The molecule has 4 nitrogen and oxygen atoms in total. The van der Waals surface area contributed by atoms with Crippen molar-refractivity contribution in [1.29, 1.82) is 0 Å². The van der Waals surface area contributed by atoms with E-state index in [1.165, 1.54) is 36.4 Å². The van der Waals surface area contributed by atoms with Gasteiger partial charge in [-0.2, -0.15) is 26.3 Å². The van der Waals surface area contributed by atoms with Crippen molar-refractivity contribution in [3.63, 3.8) is 0 Å². The Balaban J connectivity index is 1.40. The third-order valence-corrected chi connectivity index (χ3v) is 9.16. The van der Waals surface area contributed by atoms with Crippen LogP contribution in [0.15, 0.2) is 137 Å². The summed E-state index contributed by atoms with van der Waals surface area (Å²) >= 11 is 0. The number of hydrogen-bond acceptors (Lipinski definition) is 4. The predicted molar refractivity (Wildman–Crippen MR) is 160 cm³/mol. The molecule has 0 unspecified atom stereocenters. The molecule has 0 aromatic heterocycles. The molecule has 0 spiro atoms. The summed E-state index contributed by atoms with van der Waals surface area (Å²) in [5.41, 5.74) is -4.77. The molecule has 0 aliphatic heterocycles. The number of alkyl halides is 6. The van der Waals surface area contributed by atoms with Crippen molar-refractivity contribution in [2.75, 3.05) is 0 Å². The number of halogens is 6. The molecule has 0 heterocycles. The van der Waals surface area contributed by atoms with Gasteiger partial charge in [0.1, 0.15) is 23.9 Å². The minimum Gasteiger partial charge on any atom is -0.489 e. The van der Waals surface area contributed by atoms with Gasteiger partial charge in [0.05, 0.1) is 9.79 Å². The van der Waals surface area contributed by atoms with Crippen LogP contribution in [0.25, 0.3) is 0 Å². The smallest absolute Gasteiger partial charge is 0.411 e. The van der Waals surface area contributed by atoms with Crippen LogP contribution in [0.2, 0.25) is 0 Å². The van der Waals surface area contributed by atoms with Gasteiger partial charge in [0.15, 0.2) is 0 Å². The zero-order chi connectivity index (χ0) is 33.2. The summed E-state index contributed by atoms with van der Waals surface area (Å²) in [5, 5.41) is 0. The molecular weight excluding hydrogens is 630 g/mol. The first-order chi connectivity index (χ1) is 21.7. The first kappa shape index (κ1) is 32.6. The fourth-order valence-corrected chi connectivity index (χ4v) is 6.23. The van der Waals surface area contributed by atoms with Crippen LogP contribution in [-0.2, 0) is 21.9 Å². The summed E-state index contributed by atoms with van der Waals surface area (Å²) in [6, 6.07) is 27.5. The van der Waals surface area contributed by atoms with E-state index in [2.05, 4.69) is 0 Å². The third kappa shape index (κ3) is 6.46. The van der Waals surface area contributed by atoms with E-state index in [9.17, 15) is 34.8 Å². The van der Waals surface area contributed by atoms with Gasteiger partial charge >= 0.3 is 12.4 Å². The Morgan fingerprint density at radius 3 is 1.41 bits per heavy atom. The average Bonchev–Trinajstić information content (AvgIpc) is 3.01. The van der Waals surface area contributed by atoms with Crippen molar-refractivity contribution in [3.05, 3.63) is 150 Å². The second-order valence-corrected chi connectivity index (χ2v) is 12.4. The van der Waals surface area contributed by atoms with Gasteiger partial charge < -0.3 is 9.47 Å². The lowest BCUT2D eigenvalue weighted by Gasteiger charge is -2.38. The molecule has 0 radical (unpaired) electrons. The highest BCUT2D eigenvalue weighted by molar-refractivity contribution is 7.91. The Hall–Kier alpha value is -4.77. The molecule has 0 N–H and O–H groups in total. The first-order valence-corrected chi connectivity index (χ1v) is 15.3. The summed E-state index contributed by atoms with van der Waals surface area (Å²) < 4.78 is 125. The number of sulfone groups is 1. The van der Waals surface area contributed by atoms with E-state index in [0.717, 1.165) is 47.5 Å². The van der Waals surface area contributed by atoms with Gasteiger partial charge in [-0.3, -0.25) is 0 Å². The van der Waals surface area contributed by atoms with Crippen molar-refractivity contribution in [2.45, 2.75) is 41.1 Å². The number of hydrogen-bond donors (Lipinski definition) is 0. The van der Waals surface area contributed by atoms with Crippen LogP contribution in [0.1, 0.15) is 22.3 Å². The fraction of sp³-hybridized carbons (Fsp3) is 0.143. The molecule has 46 heavy (non-hydrogen) atoms. The fourth-order valence-electron chi connectivity index (χ4n) is 4.97. The van der Waals surface area contributed by atoms with Crippen molar-refractivity contribution in [2.24, 2.45) is 0 Å². The molecular formula is C35H26F6O4S. The molecule has 0 aliphatic carbocycles. The minimum atomic E-state index is -5.77. The normalized spacial score (nSPS) is 12.5. The van der Waals surface area contributed by atoms with Crippen molar-refractivity contribution < 1.29 is 44.2 Å². The van der Waals surface area contributed by atoms with Crippen LogP contribution in [0.4, 0.5) is 26.3 Å². The molecule has 5 aromatic carbocycles. The van der Waals surface area contributed by atoms with Crippen molar-refractivity contribution in [3.8, 4) is 17.2 Å². The van der Waals surface area contributed by atoms with Gasteiger partial charge in [0.25, 0.3) is 0 Å². The molecule has 0 bridgehead atoms. The number of benzene rings is 5. The number of ether oxygens (including phenoxy) is 2. The number of aryl methyl sites for hydroxylation is 1. The van der Waals surface area contributed by atoms with E-state index in [1.807, 2.05) is 6.92 Å². The Morgan fingerprint density at radius 1 is 0.543 bits per heavy atom. The SMILES string of the molecule is Cc1ccc(S(=O)(=O)c2ccc(Oc3ccc(C(c4ccc(OCc5ccccc5)cc4)(C(F)(F)F)C(F)(F)F)cc3)cc2)cc1. The summed E-state index contributed by atoms with van der Waals surface area (Å²) in [6.07, 6.45) is -11.5. The maximum absolute atomic E-state index is 14.6. The highest BCUT2D eigenvalue weighted by Gasteiger charge is 2.72. The number of rotatable bonds is 9. The Labute approximate surface area is 261 Å². The van der Waals surface area contributed by atoms with Crippen LogP contribution in [0.5, 0.6) is 17.2 Å². The minimum absolute atomic E-state index is 0.0179. The van der Waals surface area contributed by atoms with Gasteiger partial charge in [-0.15, -0.1) is 0 Å². The van der Waals surface area contributed by atoms with Crippen LogP contribution >= 0.6 is 0 Å². The summed E-state index contributed by atoms with van der Waals surface area (Å²) in [7, 11) is -3.82. The average molecular weight is 657 g/mol. The van der Waals surface area contributed by atoms with E-state index in [-0.39, 0.29) is 33.6 Å². The Bertz CT molecular complexity index is 1850. The molecule has 0 aliphatic rings. The van der Waals surface area contributed by atoms with Crippen LogP contribution in [-0.4, -0.2) is 20.8 Å². The lowest BCUT2D eigenvalue weighted by molar-refractivity contribution is -0.288. The summed E-state index contributed by atoms with van der Waals surface area (Å²) in [5.74, 6) is 0.174. The zero-order valence-corrected chi connectivity index (χ0v) is 25.0. The molecule has 0 saturated heterocycles. The molecule has 5 rings (SSSR count). The molecule has 238 valence electrons. The van der Waals surface area contributed by atoms with E-state index in [4.69, 9.17) is 9.47 Å². The van der Waals surface area contributed by atoms with Crippen LogP contribution in [0.3, 0.4) is 0 Å². The maximum atomic E-state index is 14.6. The standard InChI is InChI=1S/C35H26F6O4S/c1-24-7-19-31(20-8-24)46(42,43)32-21-17-30(18-22-32)45-29-15-11-27(12-16-29)33(34(36,37)38,35(39,40)41)26-9-13-28(14-10-26)44-23-25-5-3-2-4-6-25/h2-22H,23H2,1H3. The predicted octanol–water partition coefficient (Wildman–Crippen LogP) is 9.61. The molecule has 0 fully saturated rings. The molecule has 0 saturated carbocycles. The molecule has 0 atom stereocenters. The van der Waals surface area contributed by atoms with Crippen LogP contribution < -0.4 is 9.47 Å². The third-order valence-electron chi connectivity index (χ3n) is 7.37.